The van der Waals surface area contributed by atoms with E-state index in [9.17, 15) is 14.4 Å². The molecule has 0 radical (unpaired) electrons. The van der Waals surface area contributed by atoms with Gasteiger partial charge in [-0.1, -0.05) is 31.5 Å². The van der Waals surface area contributed by atoms with E-state index in [-0.39, 0.29) is 25.0 Å². The van der Waals surface area contributed by atoms with Gasteiger partial charge in [0.1, 0.15) is 12.2 Å². The highest BCUT2D eigenvalue weighted by molar-refractivity contribution is 6.15. The second-order valence-electron chi connectivity index (χ2n) is 6.58. The minimum atomic E-state index is -0.503. The van der Waals surface area contributed by atoms with Crippen LogP contribution in [0.2, 0.25) is 0 Å². The van der Waals surface area contributed by atoms with E-state index >= 15 is 0 Å². The second kappa shape index (κ2) is 9.92. The Morgan fingerprint density at radius 3 is 2.46 bits per heavy atom. The maximum Gasteiger partial charge on any atom is 0.338 e. The summed E-state index contributed by atoms with van der Waals surface area (Å²) in [6, 6.07) is 6.78. The van der Waals surface area contributed by atoms with E-state index in [0.29, 0.717) is 23.4 Å². The van der Waals surface area contributed by atoms with Crippen molar-refractivity contribution in [2.24, 2.45) is 0 Å². The molecule has 0 bridgehead atoms. The molecule has 0 N–H and O–H groups in total. The maximum absolute atomic E-state index is 12.6. The zero-order valence-electron chi connectivity index (χ0n) is 16.8. The molecule has 0 fully saturated rings. The van der Waals surface area contributed by atoms with Crippen LogP contribution in [0.25, 0.3) is 5.70 Å². The van der Waals surface area contributed by atoms with Crippen molar-refractivity contribution in [3.05, 3.63) is 41.2 Å². The predicted molar refractivity (Wildman–Crippen MR) is 103 cm³/mol. The lowest BCUT2D eigenvalue weighted by atomic mass is 9.97. The Morgan fingerprint density at radius 2 is 1.82 bits per heavy atom. The summed E-state index contributed by atoms with van der Waals surface area (Å²) in [4.78, 5) is 38.3. The van der Waals surface area contributed by atoms with Gasteiger partial charge in [0.2, 0.25) is 5.76 Å². The smallest absolute Gasteiger partial charge is 0.338 e. The third-order valence-electron chi connectivity index (χ3n) is 4.00. The molecule has 0 atom stereocenters. The first-order valence-electron chi connectivity index (χ1n) is 9.55. The van der Waals surface area contributed by atoms with E-state index in [1.54, 1.807) is 45.0 Å². The Labute approximate surface area is 165 Å². The van der Waals surface area contributed by atoms with Crippen LogP contribution in [0, 0.1) is 0 Å². The molecule has 28 heavy (non-hydrogen) atoms. The molecule has 0 spiro atoms. The first kappa shape index (κ1) is 21.5. The van der Waals surface area contributed by atoms with E-state index in [2.05, 4.69) is 0 Å². The van der Waals surface area contributed by atoms with Crippen molar-refractivity contribution in [1.29, 1.82) is 0 Å². The number of ether oxygens (including phenoxy) is 3. The number of esters is 2. The molecular weight excluding hydrogens is 362 g/mol. The molecule has 0 aromatic heterocycles. The minimum Gasteiger partial charge on any atom is -0.484 e. The van der Waals surface area contributed by atoms with Gasteiger partial charge in [-0.05, 0) is 33.3 Å². The highest BCUT2D eigenvalue weighted by Gasteiger charge is 2.42. The topological polar surface area (TPSA) is 82.1 Å². The van der Waals surface area contributed by atoms with Crippen molar-refractivity contribution >= 4 is 23.5 Å². The van der Waals surface area contributed by atoms with Gasteiger partial charge in [0, 0.05) is 5.56 Å². The van der Waals surface area contributed by atoms with Crippen LogP contribution in [0.15, 0.2) is 30.0 Å². The molecule has 0 saturated heterocycles. The van der Waals surface area contributed by atoms with Crippen molar-refractivity contribution in [3.8, 4) is 0 Å². The summed E-state index contributed by atoms with van der Waals surface area (Å²) in [5.74, 6) is -1.28. The van der Waals surface area contributed by atoms with Gasteiger partial charge in [0.15, 0.2) is 0 Å². The molecule has 152 valence electrons. The number of hydrogen-bond donors (Lipinski definition) is 0. The first-order chi connectivity index (χ1) is 13.4. The van der Waals surface area contributed by atoms with Gasteiger partial charge >= 0.3 is 11.9 Å². The lowest BCUT2D eigenvalue weighted by molar-refractivity contribution is -0.149. The van der Waals surface area contributed by atoms with Crippen LogP contribution in [0.5, 0.6) is 0 Å². The molecule has 0 saturated carbocycles. The van der Waals surface area contributed by atoms with Crippen molar-refractivity contribution in [1.82, 2.24) is 4.90 Å². The Kier molecular flexibility index (Phi) is 7.61. The molecule has 7 heteroatoms. The van der Waals surface area contributed by atoms with Gasteiger partial charge in [0.05, 0.1) is 24.9 Å². The summed E-state index contributed by atoms with van der Waals surface area (Å²) in [5.41, 5.74) is 1.19. The average molecular weight is 389 g/mol. The first-order valence-corrected chi connectivity index (χ1v) is 9.55. The summed E-state index contributed by atoms with van der Waals surface area (Å²) in [6.07, 6.45) is 1.43. The Hall–Kier alpha value is -2.83. The fourth-order valence-corrected chi connectivity index (χ4v) is 2.74. The van der Waals surface area contributed by atoms with Crippen LogP contribution < -0.4 is 0 Å². The second-order valence-corrected chi connectivity index (χ2v) is 6.58. The number of rotatable bonds is 10. The third-order valence-corrected chi connectivity index (χ3v) is 4.00. The van der Waals surface area contributed by atoms with Crippen LogP contribution in [0.3, 0.4) is 0 Å². The SMILES string of the molecule is CCCCOC(=O)CN1C(=O)C(OC(C)C)=C1c1ccccc1C(=O)OCC. The average Bonchev–Trinajstić information content (AvgIpc) is 2.67. The zero-order valence-corrected chi connectivity index (χ0v) is 16.8. The quantitative estimate of drug-likeness (QED) is 0.452. The molecular formula is C21H27NO6. The van der Waals surface area contributed by atoms with Crippen LogP contribution in [-0.2, 0) is 23.8 Å². The molecule has 0 aliphatic carbocycles. The Balaban J connectivity index is 2.35. The van der Waals surface area contributed by atoms with E-state index in [4.69, 9.17) is 14.2 Å². The summed E-state index contributed by atoms with van der Waals surface area (Å²) in [5, 5.41) is 0. The van der Waals surface area contributed by atoms with Gasteiger partial charge in [-0.15, -0.1) is 0 Å². The number of hydrogen-bond acceptors (Lipinski definition) is 6. The molecule has 1 aliphatic heterocycles. The molecule has 7 nitrogen and oxygen atoms in total. The Morgan fingerprint density at radius 1 is 1.11 bits per heavy atom. The number of carbonyl (C=O) groups is 3. The van der Waals surface area contributed by atoms with E-state index in [1.807, 2.05) is 6.92 Å². The van der Waals surface area contributed by atoms with Gasteiger partial charge in [0.25, 0.3) is 5.91 Å². The summed E-state index contributed by atoms with van der Waals surface area (Å²) >= 11 is 0. The molecule has 0 unspecified atom stereocenters. The van der Waals surface area contributed by atoms with Crippen LogP contribution in [0.1, 0.15) is 56.5 Å². The summed E-state index contributed by atoms with van der Waals surface area (Å²) in [6.45, 7) is 7.63. The monoisotopic (exact) mass is 389 g/mol. The number of carbonyl (C=O) groups excluding carboxylic acids is 3. The predicted octanol–water partition coefficient (Wildman–Crippen LogP) is 3.14. The number of benzene rings is 1. The lowest BCUT2D eigenvalue weighted by Gasteiger charge is -2.36. The van der Waals surface area contributed by atoms with Crippen molar-refractivity contribution in [2.45, 2.75) is 46.6 Å². The molecule has 1 aromatic rings. The van der Waals surface area contributed by atoms with E-state index in [0.717, 1.165) is 12.8 Å². The summed E-state index contributed by atoms with van der Waals surface area (Å²) < 4.78 is 15.9. The van der Waals surface area contributed by atoms with Crippen LogP contribution >= 0.6 is 0 Å². The number of nitrogens with zero attached hydrogens (tertiary/aromatic N) is 1. The van der Waals surface area contributed by atoms with Crippen molar-refractivity contribution < 1.29 is 28.6 Å². The highest BCUT2D eigenvalue weighted by Crippen LogP contribution is 2.37. The molecule has 1 aromatic carbocycles. The Bertz CT molecular complexity index is 768. The molecule has 1 amide bonds. The minimum absolute atomic E-state index is 0.133. The van der Waals surface area contributed by atoms with Crippen molar-refractivity contribution in [2.75, 3.05) is 19.8 Å². The summed E-state index contributed by atoms with van der Waals surface area (Å²) in [7, 11) is 0. The number of amides is 1. The highest BCUT2D eigenvalue weighted by atomic mass is 16.5. The van der Waals surface area contributed by atoms with E-state index < -0.39 is 17.8 Å². The van der Waals surface area contributed by atoms with Gasteiger partial charge in [-0.25, -0.2) is 4.79 Å². The third kappa shape index (κ3) is 4.91. The van der Waals surface area contributed by atoms with Crippen LogP contribution in [-0.4, -0.2) is 48.6 Å². The fourth-order valence-electron chi connectivity index (χ4n) is 2.74. The molecule has 1 heterocycles. The maximum atomic E-state index is 12.6. The molecule has 2 rings (SSSR count). The standard InChI is InChI=1S/C21H27NO6/c1-5-7-12-27-17(23)13-22-18(19(20(22)24)28-14(3)4)15-10-8-9-11-16(15)21(25)26-6-2/h8-11,14H,5-7,12-13H2,1-4H3. The largest absolute Gasteiger partial charge is 0.484 e. The van der Waals surface area contributed by atoms with Crippen LogP contribution in [0.4, 0.5) is 0 Å². The van der Waals surface area contributed by atoms with Crippen molar-refractivity contribution in [3.63, 3.8) is 0 Å². The number of unbranched alkanes of at least 4 members (excludes halogenated alkanes) is 1. The lowest BCUT2D eigenvalue weighted by Crippen LogP contribution is -2.46. The van der Waals surface area contributed by atoms with E-state index in [1.165, 1.54) is 4.90 Å². The van der Waals surface area contributed by atoms with Gasteiger partial charge in [-0.3, -0.25) is 14.5 Å². The van der Waals surface area contributed by atoms with Gasteiger partial charge < -0.3 is 14.2 Å². The zero-order chi connectivity index (χ0) is 20.7. The fraction of sp³-hybridized carbons (Fsp3) is 0.476. The molecule has 1 aliphatic rings. The van der Waals surface area contributed by atoms with Gasteiger partial charge in [-0.2, -0.15) is 0 Å². The normalized spacial score (nSPS) is 13.5.